The monoisotopic (exact) mass is 686 g/mol. The van der Waals surface area contributed by atoms with Crippen LogP contribution < -0.4 is 11.2 Å². The van der Waals surface area contributed by atoms with Crippen molar-refractivity contribution in [1.29, 1.82) is 5.53 Å². The van der Waals surface area contributed by atoms with Crippen LogP contribution in [0.4, 0.5) is 5.82 Å². The van der Waals surface area contributed by atoms with Gasteiger partial charge in [0.1, 0.15) is 34.5 Å². The Balaban J connectivity index is 1.45. The highest BCUT2D eigenvalue weighted by Gasteiger charge is 2.44. The first-order valence-electron chi connectivity index (χ1n) is 14.2. The first-order valence-corrected chi connectivity index (χ1v) is 15.0. The minimum atomic E-state index is -0.858. The molecule has 1 fully saturated rings. The van der Waals surface area contributed by atoms with Crippen LogP contribution in [0, 0.1) is 18.4 Å². The van der Waals surface area contributed by atoms with E-state index < -0.39 is 23.9 Å². The normalized spacial score (nSPS) is 18.0. The molecule has 4 N–H and O–H groups in total. The summed E-state index contributed by atoms with van der Waals surface area (Å²) in [7, 11) is 0. The van der Waals surface area contributed by atoms with E-state index >= 15 is 0 Å². The highest BCUT2D eigenvalue weighted by Crippen LogP contribution is 2.33. The Morgan fingerprint density at radius 3 is 2.61 bits per heavy atom. The molecule has 15 nitrogen and oxygen atoms in total. The number of rotatable bonds is 9. The quantitative estimate of drug-likeness (QED) is 0.0341. The Hall–Kier alpha value is -5.25. The third kappa shape index (κ3) is 6.42. The minimum Gasteiger partial charge on any atom is -0.322 e. The third-order valence-corrected chi connectivity index (χ3v) is 8.25. The van der Waals surface area contributed by atoms with E-state index in [-0.39, 0.29) is 42.0 Å². The van der Waals surface area contributed by atoms with Gasteiger partial charge in [0.15, 0.2) is 11.6 Å². The SMILES string of the molecule is C=C[C@@H]1[C@@H](C)C[C@@H](C(=O)Nc2nc(Br)ccc2CC(N=N)=NN)N1C(=O)Cn1nc(C(C)=O)c2cc(-c3cnc(C)nc3)ncc21. The fourth-order valence-electron chi connectivity index (χ4n) is 5.55. The van der Waals surface area contributed by atoms with Gasteiger partial charge in [0.2, 0.25) is 11.8 Å². The van der Waals surface area contributed by atoms with E-state index in [1.165, 1.54) is 16.5 Å². The number of nitrogens with two attached hydrogens (primary N) is 1. The number of hydrogen-bond donors (Lipinski definition) is 3. The standard InChI is InChI=1S/C30H31BrN12O3/c1-5-22-15(2)8-23(30(46)38-29-18(6-7-25(31)37-29)9-26(39-32)40-33)43(22)27(45)14-42-24-13-36-21(19-11-34-17(4)35-12-19)10-20(24)28(41-42)16(3)44/h5-7,10-13,15,22-23,32H,1,8-9,14,33H2,2-4H3,(H,37,38,46)/t15-,22+,23-/m0/s1. The molecule has 1 aliphatic rings. The van der Waals surface area contributed by atoms with Crippen molar-refractivity contribution < 1.29 is 14.4 Å². The summed E-state index contributed by atoms with van der Waals surface area (Å²) >= 11 is 3.32. The Morgan fingerprint density at radius 1 is 1.22 bits per heavy atom. The van der Waals surface area contributed by atoms with E-state index in [9.17, 15) is 14.4 Å². The number of anilines is 1. The molecule has 0 aromatic carbocycles. The van der Waals surface area contributed by atoms with Crippen LogP contribution in [0.25, 0.3) is 22.2 Å². The number of ketones is 1. The zero-order valence-corrected chi connectivity index (χ0v) is 26.9. The second-order valence-electron chi connectivity index (χ2n) is 10.9. The summed E-state index contributed by atoms with van der Waals surface area (Å²) in [5, 5.41) is 14.7. The molecule has 46 heavy (non-hydrogen) atoms. The van der Waals surface area contributed by atoms with Crippen molar-refractivity contribution >= 4 is 56.1 Å². The second-order valence-corrected chi connectivity index (χ2v) is 11.7. The predicted octanol–water partition coefficient (Wildman–Crippen LogP) is 3.83. The average Bonchev–Trinajstić information content (AvgIpc) is 3.58. The van der Waals surface area contributed by atoms with E-state index in [0.29, 0.717) is 44.6 Å². The van der Waals surface area contributed by atoms with E-state index in [1.54, 1.807) is 49.8 Å². The van der Waals surface area contributed by atoms with Gasteiger partial charge in [0.25, 0.3) is 0 Å². The van der Waals surface area contributed by atoms with Crippen LogP contribution in [0.15, 0.2) is 64.3 Å². The van der Waals surface area contributed by atoms with Gasteiger partial charge < -0.3 is 16.1 Å². The number of Topliss-reactive ketones (excluding diaryl/α,β-unsaturated/α-hetero) is 1. The largest absolute Gasteiger partial charge is 0.322 e. The first-order chi connectivity index (χ1) is 22.0. The summed E-state index contributed by atoms with van der Waals surface area (Å²) in [6.07, 6.45) is 6.94. The van der Waals surface area contributed by atoms with Gasteiger partial charge in [-0.2, -0.15) is 10.2 Å². The lowest BCUT2D eigenvalue weighted by Gasteiger charge is -2.29. The molecule has 0 saturated carbocycles. The molecule has 4 aromatic rings. The number of carbonyl (C=O) groups excluding carboxylic acids is 3. The number of hydrazone groups is 1. The molecule has 236 valence electrons. The topological polar surface area (TPSA) is 210 Å². The number of aromatic nitrogens is 6. The minimum absolute atomic E-state index is 0.0443. The molecule has 3 atom stereocenters. The van der Waals surface area contributed by atoms with Gasteiger partial charge in [-0.1, -0.05) is 19.1 Å². The summed E-state index contributed by atoms with van der Waals surface area (Å²) in [6, 6.07) is 3.82. The van der Waals surface area contributed by atoms with Gasteiger partial charge in [0.05, 0.1) is 23.4 Å². The highest BCUT2D eigenvalue weighted by atomic mass is 79.9. The number of nitrogens with one attached hydrogen (secondary N) is 2. The molecule has 2 amide bonds. The molecule has 0 unspecified atom stereocenters. The van der Waals surface area contributed by atoms with Crippen LogP contribution in [0.3, 0.4) is 0 Å². The number of hydrogen-bond acceptors (Lipinski definition) is 11. The van der Waals surface area contributed by atoms with Crippen molar-refractivity contribution in [3.05, 3.63) is 71.1 Å². The van der Waals surface area contributed by atoms with Gasteiger partial charge in [-0.05, 0) is 47.3 Å². The Bertz CT molecular complexity index is 1890. The van der Waals surface area contributed by atoms with Crippen LogP contribution in [0.1, 0.15) is 42.1 Å². The number of nitrogens with zero attached hydrogens (tertiary/aromatic N) is 9. The van der Waals surface area contributed by atoms with Crippen molar-refractivity contribution in [3.8, 4) is 11.3 Å². The lowest BCUT2D eigenvalue weighted by molar-refractivity contribution is -0.138. The van der Waals surface area contributed by atoms with Crippen molar-refractivity contribution in [2.45, 2.75) is 52.2 Å². The Kier molecular flexibility index (Phi) is 9.36. The highest BCUT2D eigenvalue weighted by molar-refractivity contribution is 9.10. The summed E-state index contributed by atoms with van der Waals surface area (Å²) in [4.78, 5) is 59.3. The third-order valence-electron chi connectivity index (χ3n) is 7.81. The molecule has 0 bridgehead atoms. The molecule has 5 rings (SSSR count). The van der Waals surface area contributed by atoms with Gasteiger partial charge in [0, 0.05) is 42.3 Å². The smallest absolute Gasteiger partial charge is 0.248 e. The van der Waals surface area contributed by atoms with Crippen LogP contribution in [0.5, 0.6) is 0 Å². The predicted molar refractivity (Wildman–Crippen MR) is 173 cm³/mol. The van der Waals surface area contributed by atoms with E-state index in [1.807, 2.05) is 6.92 Å². The lowest BCUT2D eigenvalue weighted by atomic mass is 10.0. The van der Waals surface area contributed by atoms with Crippen molar-refractivity contribution in [2.75, 3.05) is 5.32 Å². The molecule has 0 radical (unpaired) electrons. The molecule has 0 aliphatic carbocycles. The average molecular weight is 688 g/mol. The number of carbonyl (C=O) groups is 3. The van der Waals surface area contributed by atoms with Crippen LogP contribution >= 0.6 is 15.9 Å². The van der Waals surface area contributed by atoms with Crippen molar-refractivity contribution in [1.82, 2.24) is 34.6 Å². The van der Waals surface area contributed by atoms with E-state index in [0.717, 1.165) is 0 Å². The fraction of sp³-hybridized carbons (Fsp3) is 0.300. The van der Waals surface area contributed by atoms with Crippen molar-refractivity contribution in [2.24, 2.45) is 22.0 Å². The van der Waals surface area contributed by atoms with Crippen LogP contribution in [-0.4, -0.2) is 70.1 Å². The molecular weight excluding hydrogens is 656 g/mol. The second kappa shape index (κ2) is 13.4. The summed E-state index contributed by atoms with van der Waals surface area (Å²) in [5.41, 5.74) is 9.71. The van der Waals surface area contributed by atoms with Crippen LogP contribution in [0.2, 0.25) is 0 Å². The molecule has 16 heteroatoms. The number of fused-ring (bicyclic) bond motifs is 1. The zero-order chi connectivity index (χ0) is 33.1. The number of likely N-dealkylation sites (tertiary alicyclic amines) is 1. The van der Waals surface area contributed by atoms with Gasteiger partial charge in [-0.25, -0.2) is 20.5 Å². The van der Waals surface area contributed by atoms with Gasteiger partial charge >= 0.3 is 0 Å². The van der Waals surface area contributed by atoms with Gasteiger partial charge in [-0.3, -0.25) is 24.0 Å². The molecule has 1 saturated heterocycles. The number of amides is 2. The number of amidine groups is 1. The van der Waals surface area contributed by atoms with Gasteiger partial charge in [-0.15, -0.1) is 11.7 Å². The fourth-order valence-corrected chi connectivity index (χ4v) is 5.86. The number of aryl methyl sites for hydroxylation is 1. The maximum Gasteiger partial charge on any atom is 0.248 e. The lowest BCUT2D eigenvalue weighted by Crippen LogP contribution is -2.48. The Morgan fingerprint density at radius 2 is 1.96 bits per heavy atom. The van der Waals surface area contributed by atoms with Crippen LogP contribution in [-0.2, 0) is 22.6 Å². The molecule has 5 heterocycles. The number of halogens is 1. The van der Waals surface area contributed by atoms with E-state index in [4.69, 9.17) is 11.4 Å². The number of pyridine rings is 2. The first kappa shape index (κ1) is 32.2. The maximum absolute atomic E-state index is 14.0. The molecule has 1 aliphatic heterocycles. The summed E-state index contributed by atoms with van der Waals surface area (Å²) < 4.78 is 1.90. The molecule has 4 aromatic heterocycles. The maximum atomic E-state index is 14.0. The summed E-state index contributed by atoms with van der Waals surface area (Å²) in [6.45, 7) is 8.81. The molecule has 0 spiro atoms. The van der Waals surface area contributed by atoms with Crippen molar-refractivity contribution in [3.63, 3.8) is 0 Å². The van der Waals surface area contributed by atoms with E-state index in [2.05, 4.69) is 63.1 Å². The Labute approximate surface area is 272 Å². The zero-order valence-electron chi connectivity index (χ0n) is 25.3. The molecular formula is C30H31BrN12O3. The summed E-state index contributed by atoms with van der Waals surface area (Å²) in [5.74, 6) is 5.02.